The average molecular weight is 684 g/mol. The number of benzene rings is 1. The second kappa shape index (κ2) is 10.6. The fraction of sp³-hybridized carbons (Fsp3) is 0.0769. The topological polar surface area (TPSA) is 59.7 Å². The van der Waals surface area contributed by atoms with Gasteiger partial charge >= 0.3 is 27.2 Å². The molecule has 4 heterocycles. The average Bonchev–Trinajstić information content (AvgIpc) is 3.37. The predicted molar refractivity (Wildman–Crippen MR) is 124 cm³/mol. The van der Waals surface area contributed by atoms with Crippen molar-refractivity contribution >= 4 is 17.3 Å². The van der Waals surface area contributed by atoms with Crippen molar-refractivity contribution in [2.45, 2.75) is 13.1 Å². The zero-order chi connectivity index (χ0) is 25.3. The van der Waals surface area contributed by atoms with E-state index in [1.54, 1.807) is 17.0 Å². The largest absolute Gasteiger partial charge is 2.00 e. The molecule has 0 aliphatic carbocycles. The van der Waals surface area contributed by atoms with E-state index in [9.17, 15) is 17.6 Å². The van der Waals surface area contributed by atoms with Crippen LogP contribution in [0.25, 0.3) is 17.1 Å². The molecule has 0 unspecified atom stereocenters. The standard InChI is InChI=1S/C26H16F4N6.Pt/c1-17-14-20(18-10-11-22(27)31-16-18)32-25(15-17)36(19-6-3-2-4-7-19)24-9-5-8-23(33-24)35-13-12-21(34-35)26(28,29)30;/h2-9,11-12,14-16H,1H3;/q-2;+2. The van der Waals surface area contributed by atoms with Gasteiger partial charge in [-0.1, -0.05) is 60.4 Å². The van der Waals surface area contributed by atoms with Gasteiger partial charge in [0.15, 0.2) is 0 Å². The van der Waals surface area contributed by atoms with Crippen molar-refractivity contribution in [1.29, 1.82) is 0 Å². The number of halogens is 4. The minimum absolute atomic E-state index is 0. The normalized spacial score (nSPS) is 11.2. The third-order valence-corrected chi connectivity index (χ3v) is 5.13. The number of para-hydroxylation sites is 1. The minimum atomic E-state index is -4.59. The van der Waals surface area contributed by atoms with Crippen molar-refractivity contribution in [2.24, 2.45) is 0 Å². The first-order chi connectivity index (χ1) is 17.3. The van der Waals surface area contributed by atoms with Gasteiger partial charge in [0.25, 0.3) is 0 Å². The van der Waals surface area contributed by atoms with Gasteiger partial charge in [0.2, 0.25) is 0 Å². The van der Waals surface area contributed by atoms with Gasteiger partial charge in [0, 0.05) is 5.69 Å². The maximum absolute atomic E-state index is 13.3. The number of nitrogens with zero attached hydrogens (tertiary/aromatic N) is 6. The minimum Gasteiger partial charge on any atom is -0.343 e. The molecule has 5 aromatic rings. The van der Waals surface area contributed by atoms with E-state index in [1.165, 1.54) is 12.3 Å². The second-order valence-electron chi connectivity index (χ2n) is 7.76. The van der Waals surface area contributed by atoms with Gasteiger partial charge in [-0.05, 0) is 36.9 Å². The van der Waals surface area contributed by atoms with E-state index in [2.05, 4.69) is 27.3 Å². The van der Waals surface area contributed by atoms with Crippen molar-refractivity contribution in [2.75, 3.05) is 4.90 Å². The molecular weight excluding hydrogens is 667 g/mol. The van der Waals surface area contributed by atoms with E-state index in [1.807, 2.05) is 49.4 Å². The molecule has 1 aromatic carbocycles. The molecule has 37 heavy (non-hydrogen) atoms. The van der Waals surface area contributed by atoms with Crippen LogP contribution in [0.5, 0.6) is 0 Å². The Bertz CT molecular complexity index is 1500. The van der Waals surface area contributed by atoms with Gasteiger partial charge in [0.05, 0.1) is 11.5 Å². The van der Waals surface area contributed by atoms with Crippen molar-refractivity contribution in [1.82, 2.24) is 24.7 Å². The zero-order valence-electron chi connectivity index (χ0n) is 19.0. The van der Waals surface area contributed by atoms with Crippen molar-refractivity contribution in [3.05, 3.63) is 108 Å². The summed E-state index contributed by atoms with van der Waals surface area (Å²) in [6.07, 6.45) is -0.782. The van der Waals surface area contributed by atoms with Crippen LogP contribution in [0.1, 0.15) is 11.3 Å². The SMILES string of the molecule is Cc1cc(-c2[c-]cc(F)nc2)nc(N(c2ccccc2)c2cccc(-n3[c-]cc(C(F)(F)F)n3)n2)c1.[Pt+2]. The number of aromatic nitrogens is 5. The molecule has 0 amide bonds. The molecule has 0 fully saturated rings. The summed E-state index contributed by atoms with van der Waals surface area (Å²) in [6.45, 7) is 1.88. The summed E-state index contributed by atoms with van der Waals surface area (Å²) in [6, 6.07) is 22.5. The summed E-state index contributed by atoms with van der Waals surface area (Å²) < 4.78 is 53.4. The molecule has 0 saturated carbocycles. The number of alkyl halides is 3. The Morgan fingerprint density at radius 3 is 2.38 bits per heavy atom. The van der Waals surface area contributed by atoms with E-state index in [-0.39, 0.29) is 26.9 Å². The summed E-state index contributed by atoms with van der Waals surface area (Å²) in [7, 11) is 0. The molecule has 0 aliphatic rings. The van der Waals surface area contributed by atoms with Crippen LogP contribution in [0, 0.1) is 25.1 Å². The molecule has 0 spiro atoms. The first-order valence-corrected chi connectivity index (χ1v) is 10.7. The van der Waals surface area contributed by atoms with Gasteiger partial charge in [-0.3, -0.25) is 20.0 Å². The van der Waals surface area contributed by atoms with Gasteiger partial charge < -0.3 is 9.67 Å². The maximum atomic E-state index is 13.3. The fourth-order valence-electron chi connectivity index (χ4n) is 3.54. The van der Waals surface area contributed by atoms with Gasteiger partial charge in [-0.25, -0.2) is 4.39 Å². The van der Waals surface area contributed by atoms with Crippen LogP contribution in [-0.4, -0.2) is 24.7 Å². The quantitative estimate of drug-likeness (QED) is 0.125. The van der Waals surface area contributed by atoms with E-state index in [0.29, 0.717) is 28.6 Å². The summed E-state index contributed by atoms with van der Waals surface area (Å²) in [5.41, 5.74) is 1.53. The second-order valence-corrected chi connectivity index (χ2v) is 7.76. The van der Waals surface area contributed by atoms with E-state index in [0.717, 1.165) is 22.4 Å². The predicted octanol–water partition coefficient (Wildman–Crippen LogP) is 6.26. The third kappa shape index (κ3) is 5.75. The van der Waals surface area contributed by atoms with Crippen LogP contribution in [0.15, 0.2) is 79.0 Å². The van der Waals surface area contributed by atoms with Crippen molar-refractivity contribution in [3.8, 4) is 17.1 Å². The fourth-order valence-corrected chi connectivity index (χ4v) is 3.54. The Balaban J connectivity index is 0.00000320. The Morgan fingerprint density at radius 1 is 0.919 bits per heavy atom. The first kappa shape index (κ1) is 26.2. The molecule has 0 saturated heterocycles. The molecular formula is C26H16F4N6Pt. The van der Waals surface area contributed by atoms with Crippen molar-refractivity contribution in [3.63, 3.8) is 0 Å². The van der Waals surface area contributed by atoms with Crippen LogP contribution in [0.2, 0.25) is 0 Å². The van der Waals surface area contributed by atoms with Gasteiger partial charge in [0.1, 0.15) is 17.6 Å². The van der Waals surface area contributed by atoms with Crippen LogP contribution >= 0.6 is 0 Å². The molecule has 0 aliphatic heterocycles. The number of aryl methyl sites for hydroxylation is 1. The molecule has 0 atom stereocenters. The summed E-state index contributed by atoms with van der Waals surface area (Å²) in [4.78, 5) is 14.7. The van der Waals surface area contributed by atoms with E-state index >= 15 is 0 Å². The van der Waals surface area contributed by atoms with Gasteiger partial charge in [-0.15, -0.1) is 17.7 Å². The summed E-state index contributed by atoms with van der Waals surface area (Å²) in [5, 5.41) is 3.57. The van der Waals surface area contributed by atoms with Crippen LogP contribution in [0.3, 0.4) is 0 Å². The van der Waals surface area contributed by atoms with Gasteiger partial charge in [-0.2, -0.15) is 13.2 Å². The number of rotatable bonds is 5. The molecule has 188 valence electrons. The smallest absolute Gasteiger partial charge is 0.343 e. The van der Waals surface area contributed by atoms with E-state index < -0.39 is 17.8 Å². The number of anilines is 3. The number of pyridine rings is 3. The summed E-state index contributed by atoms with van der Waals surface area (Å²) in [5.74, 6) is 0.371. The molecule has 5 rings (SSSR count). The maximum Gasteiger partial charge on any atom is 2.00 e. The van der Waals surface area contributed by atoms with Crippen LogP contribution in [0.4, 0.5) is 34.9 Å². The van der Waals surface area contributed by atoms with E-state index in [4.69, 9.17) is 4.98 Å². The number of hydrogen-bond donors (Lipinski definition) is 0. The first-order valence-electron chi connectivity index (χ1n) is 10.7. The van der Waals surface area contributed by atoms with Crippen LogP contribution in [-0.2, 0) is 27.2 Å². The summed E-state index contributed by atoms with van der Waals surface area (Å²) >= 11 is 0. The van der Waals surface area contributed by atoms with Crippen molar-refractivity contribution < 1.29 is 38.6 Å². The Kier molecular flexibility index (Phi) is 7.49. The number of hydrogen-bond acceptors (Lipinski definition) is 5. The molecule has 11 heteroatoms. The molecule has 0 bridgehead atoms. The Morgan fingerprint density at radius 2 is 1.70 bits per heavy atom. The molecule has 6 nitrogen and oxygen atoms in total. The zero-order valence-corrected chi connectivity index (χ0v) is 21.3. The molecule has 4 aromatic heterocycles. The monoisotopic (exact) mass is 683 g/mol. The Labute approximate surface area is 223 Å². The van der Waals surface area contributed by atoms with Crippen LogP contribution < -0.4 is 4.90 Å². The third-order valence-electron chi connectivity index (χ3n) is 5.13. The molecule has 0 N–H and O–H groups in total. The molecule has 0 radical (unpaired) electrons. The Hall–Kier alpha value is -3.91.